The maximum absolute atomic E-state index is 11.1. The molecule has 0 atom stereocenters. The van der Waals surface area contributed by atoms with Crippen LogP contribution in [0.2, 0.25) is 5.15 Å². The summed E-state index contributed by atoms with van der Waals surface area (Å²) in [6.07, 6.45) is 5.71. The zero-order chi connectivity index (χ0) is 12.5. The van der Waals surface area contributed by atoms with E-state index in [4.69, 9.17) is 16.3 Å². The standard InChI is InChI=1S/C13H13ClN2O2/c14-12-4-1-9(6-15-12)7-16(10-2-3-10)11-5-13(17)18-8-11/h1,4-6,10H,2-3,7-8H2. The molecule has 0 bridgehead atoms. The molecule has 18 heavy (non-hydrogen) atoms. The highest BCUT2D eigenvalue weighted by Crippen LogP contribution is 2.32. The molecule has 0 amide bonds. The van der Waals surface area contributed by atoms with Gasteiger partial charge in [0.2, 0.25) is 0 Å². The van der Waals surface area contributed by atoms with Crippen LogP contribution in [0.25, 0.3) is 0 Å². The Bertz CT molecular complexity index is 494. The van der Waals surface area contributed by atoms with E-state index >= 15 is 0 Å². The predicted octanol–water partition coefficient (Wildman–Crippen LogP) is 2.14. The number of carbonyl (C=O) groups is 1. The summed E-state index contributed by atoms with van der Waals surface area (Å²) >= 11 is 5.77. The van der Waals surface area contributed by atoms with Crippen LogP contribution < -0.4 is 0 Å². The Kier molecular flexibility index (Phi) is 2.96. The Morgan fingerprint density at radius 2 is 2.28 bits per heavy atom. The molecule has 2 heterocycles. The highest BCUT2D eigenvalue weighted by molar-refractivity contribution is 6.29. The van der Waals surface area contributed by atoms with E-state index in [1.165, 1.54) is 12.8 Å². The number of rotatable bonds is 4. The van der Waals surface area contributed by atoms with Crippen LogP contribution in [0.15, 0.2) is 30.1 Å². The molecule has 1 fully saturated rings. The van der Waals surface area contributed by atoms with Crippen molar-refractivity contribution in [1.82, 2.24) is 9.88 Å². The zero-order valence-electron chi connectivity index (χ0n) is 9.80. The van der Waals surface area contributed by atoms with Gasteiger partial charge >= 0.3 is 5.97 Å². The first kappa shape index (κ1) is 11.5. The molecule has 1 aromatic heterocycles. The number of carbonyl (C=O) groups excluding carboxylic acids is 1. The smallest absolute Gasteiger partial charge is 0.333 e. The molecule has 0 spiro atoms. The fourth-order valence-corrected chi connectivity index (χ4v) is 2.19. The van der Waals surface area contributed by atoms with E-state index in [2.05, 4.69) is 9.88 Å². The SMILES string of the molecule is O=C1C=C(N(Cc2ccc(Cl)nc2)C2CC2)CO1. The number of pyridine rings is 1. The van der Waals surface area contributed by atoms with Crippen molar-refractivity contribution in [3.63, 3.8) is 0 Å². The fourth-order valence-electron chi connectivity index (χ4n) is 2.08. The lowest BCUT2D eigenvalue weighted by atomic mass is 10.2. The van der Waals surface area contributed by atoms with Gasteiger partial charge in [0.25, 0.3) is 0 Å². The molecule has 1 saturated carbocycles. The van der Waals surface area contributed by atoms with Gasteiger partial charge in [0.15, 0.2) is 0 Å². The van der Waals surface area contributed by atoms with Gasteiger partial charge in [-0.1, -0.05) is 17.7 Å². The fraction of sp³-hybridized carbons (Fsp3) is 0.385. The van der Waals surface area contributed by atoms with Crippen LogP contribution in [-0.4, -0.2) is 28.5 Å². The highest BCUT2D eigenvalue weighted by Gasteiger charge is 2.32. The summed E-state index contributed by atoms with van der Waals surface area (Å²) in [5, 5.41) is 0.496. The molecule has 4 nitrogen and oxygen atoms in total. The van der Waals surface area contributed by atoms with Crippen molar-refractivity contribution < 1.29 is 9.53 Å². The first-order valence-electron chi connectivity index (χ1n) is 5.97. The summed E-state index contributed by atoms with van der Waals surface area (Å²) < 4.78 is 4.97. The van der Waals surface area contributed by atoms with Crippen molar-refractivity contribution in [3.05, 3.63) is 40.8 Å². The Hall–Kier alpha value is -1.55. The topological polar surface area (TPSA) is 42.4 Å². The lowest BCUT2D eigenvalue weighted by molar-refractivity contribution is -0.135. The summed E-state index contributed by atoms with van der Waals surface area (Å²) in [6, 6.07) is 4.27. The monoisotopic (exact) mass is 264 g/mol. The van der Waals surface area contributed by atoms with Crippen molar-refractivity contribution in [1.29, 1.82) is 0 Å². The van der Waals surface area contributed by atoms with Gasteiger partial charge in [0, 0.05) is 24.9 Å². The minimum absolute atomic E-state index is 0.245. The van der Waals surface area contributed by atoms with Gasteiger partial charge in [-0.25, -0.2) is 9.78 Å². The Balaban J connectivity index is 1.76. The largest absolute Gasteiger partial charge is 0.456 e. The normalized spacial score (nSPS) is 18.5. The Morgan fingerprint density at radius 3 is 2.83 bits per heavy atom. The van der Waals surface area contributed by atoms with Crippen LogP contribution >= 0.6 is 11.6 Å². The van der Waals surface area contributed by atoms with Crippen molar-refractivity contribution in [3.8, 4) is 0 Å². The second-order valence-corrected chi connectivity index (χ2v) is 4.98. The Labute approximate surface area is 110 Å². The van der Waals surface area contributed by atoms with Crippen LogP contribution in [0, 0.1) is 0 Å². The first-order chi connectivity index (χ1) is 8.72. The summed E-state index contributed by atoms with van der Waals surface area (Å²) in [5.41, 5.74) is 2.06. The quantitative estimate of drug-likeness (QED) is 0.617. The van der Waals surface area contributed by atoms with Crippen LogP contribution in [0.4, 0.5) is 0 Å². The second kappa shape index (κ2) is 4.61. The number of ether oxygens (including phenoxy) is 1. The van der Waals surface area contributed by atoms with E-state index in [-0.39, 0.29) is 5.97 Å². The van der Waals surface area contributed by atoms with E-state index in [1.54, 1.807) is 18.3 Å². The molecule has 0 saturated heterocycles. The summed E-state index contributed by atoms with van der Waals surface area (Å²) in [6.45, 7) is 1.13. The second-order valence-electron chi connectivity index (χ2n) is 4.59. The van der Waals surface area contributed by atoms with E-state index < -0.39 is 0 Å². The number of aromatic nitrogens is 1. The molecule has 1 aromatic rings. The van der Waals surface area contributed by atoms with E-state index in [1.807, 2.05) is 6.07 Å². The average Bonchev–Trinajstić information content (AvgIpc) is 3.11. The highest BCUT2D eigenvalue weighted by atomic mass is 35.5. The number of cyclic esters (lactones) is 1. The van der Waals surface area contributed by atoms with E-state index in [0.717, 1.165) is 17.8 Å². The minimum atomic E-state index is -0.245. The van der Waals surface area contributed by atoms with Crippen LogP contribution in [0.5, 0.6) is 0 Å². The molecular formula is C13H13ClN2O2. The third kappa shape index (κ3) is 2.48. The minimum Gasteiger partial charge on any atom is -0.456 e. The Morgan fingerprint density at radius 1 is 1.44 bits per heavy atom. The number of halogens is 1. The van der Waals surface area contributed by atoms with Crippen molar-refractivity contribution >= 4 is 17.6 Å². The number of hydrogen-bond donors (Lipinski definition) is 0. The summed E-state index contributed by atoms with van der Waals surface area (Å²) in [5.74, 6) is -0.245. The van der Waals surface area contributed by atoms with Gasteiger partial charge in [-0.3, -0.25) is 0 Å². The molecule has 0 N–H and O–H groups in total. The molecule has 94 valence electrons. The first-order valence-corrected chi connectivity index (χ1v) is 6.34. The van der Waals surface area contributed by atoms with Crippen LogP contribution in [0.3, 0.4) is 0 Å². The average molecular weight is 265 g/mol. The number of esters is 1. The lowest BCUT2D eigenvalue weighted by Crippen LogP contribution is -2.25. The molecule has 1 aliphatic heterocycles. The zero-order valence-corrected chi connectivity index (χ0v) is 10.6. The summed E-state index contributed by atoms with van der Waals surface area (Å²) in [4.78, 5) is 17.4. The maximum atomic E-state index is 11.1. The van der Waals surface area contributed by atoms with Gasteiger partial charge in [-0.15, -0.1) is 0 Å². The van der Waals surface area contributed by atoms with Gasteiger partial charge < -0.3 is 9.64 Å². The molecule has 1 aliphatic carbocycles. The summed E-state index contributed by atoms with van der Waals surface area (Å²) in [7, 11) is 0. The molecule has 5 heteroatoms. The van der Waals surface area contributed by atoms with Gasteiger partial charge in [-0.2, -0.15) is 0 Å². The van der Waals surface area contributed by atoms with Gasteiger partial charge in [0.1, 0.15) is 11.8 Å². The van der Waals surface area contributed by atoms with E-state index in [0.29, 0.717) is 17.8 Å². The van der Waals surface area contributed by atoms with Gasteiger partial charge in [-0.05, 0) is 24.5 Å². The number of hydrogen-bond acceptors (Lipinski definition) is 4. The predicted molar refractivity (Wildman–Crippen MR) is 66.9 cm³/mol. The van der Waals surface area contributed by atoms with E-state index in [9.17, 15) is 4.79 Å². The molecule has 2 aliphatic rings. The third-order valence-corrected chi connectivity index (χ3v) is 3.37. The lowest BCUT2D eigenvalue weighted by Gasteiger charge is -2.24. The number of nitrogens with zero attached hydrogens (tertiary/aromatic N) is 2. The van der Waals surface area contributed by atoms with Crippen LogP contribution in [0.1, 0.15) is 18.4 Å². The third-order valence-electron chi connectivity index (χ3n) is 3.14. The maximum Gasteiger partial charge on any atom is 0.333 e. The van der Waals surface area contributed by atoms with Crippen molar-refractivity contribution in [2.75, 3.05) is 6.61 Å². The van der Waals surface area contributed by atoms with Crippen molar-refractivity contribution in [2.45, 2.75) is 25.4 Å². The van der Waals surface area contributed by atoms with Gasteiger partial charge in [0.05, 0.1) is 5.70 Å². The molecule has 0 radical (unpaired) electrons. The molecule has 0 aromatic carbocycles. The van der Waals surface area contributed by atoms with Crippen molar-refractivity contribution in [2.24, 2.45) is 0 Å². The van der Waals surface area contributed by atoms with Crippen LogP contribution in [-0.2, 0) is 16.1 Å². The molecule has 3 rings (SSSR count). The molecular weight excluding hydrogens is 252 g/mol. The molecule has 0 unspecified atom stereocenters.